The molecule has 1 saturated carbocycles. The number of aliphatic imine (C=N–C) groups is 2. The molecule has 64 valence electrons. The van der Waals surface area contributed by atoms with Gasteiger partial charge in [0.2, 0.25) is 0 Å². The van der Waals surface area contributed by atoms with E-state index in [2.05, 4.69) is 9.98 Å². The third kappa shape index (κ3) is 12.5. The molecule has 0 aliphatic heterocycles. The first-order chi connectivity index (χ1) is 5.31. The highest BCUT2D eigenvalue weighted by Crippen LogP contribution is 2.14. The summed E-state index contributed by atoms with van der Waals surface area (Å²) in [6.45, 7) is 3.93. The zero-order chi connectivity index (χ0) is 8.53. The predicted molar refractivity (Wildman–Crippen MR) is 51.7 cm³/mol. The molecule has 0 heterocycles. The second kappa shape index (κ2) is 7.45. The van der Waals surface area contributed by atoms with E-state index in [9.17, 15) is 0 Å². The van der Waals surface area contributed by atoms with Crippen molar-refractivity contribution in [2.45, 2.75) is 39.5 Å². The molecule has 0 amide bonds. The molecule has 0 aromatic rings. The highest BCUT2D eigenvalue weighted by atomic mass is 14.9. The van der Waals surface area contributed by atoms with Crippen molar-refractivity contribution < 1.29 is 0 Å². The van der Waals surface area contributed by atoms with Gasteiger partial charge in [-0.2, -0.15) is 0 Å². The van der Waals surface area contributed by atoms with Gasteiger partial charge >= 0.3 is 0 Å². The van der Waals surface area contributed by atoms with Gasteiger partial charge in [0, 0.05) is 13.3 Å². The Morgan fingerprint density at radius 1 is 1.36 bits per heavy atom. The van der Waals surface area contributed by atoms with E-state index < -0.39 is 0 Å². The van der Waals surface area contributed by atoms with Crippen LogP contribution < -0.4 is 0 Å². The van der Waals surface area contributed by atoms with Crippen LogP contribution in [0.1, 0.15) is 39.5 Å². The zero-order valence-electron chi connectivity index (χ0n) is 7.80. The zero-order valence-corrected chi connectivity index (χ0v) is 7.80. The Hall–Kier alpha value is -0.660. The Balaban J connectivity index is 0.000000271. The van der Waals surface area contributed by atoms with Gasteiger partial charge < -0.3 is 0 Å². The molecule has 2 nitrogen and oxygen atoms in total. The van der Waals surface area contributed by atoms with Gasteiger partial charge in [-0.05, 0) is 13.3 Å². The van der Waals surface area contributed by atoms with Crippen molar-refractivity contribution >= 4 is 12.1 Å². The summed E-state index contributed by atoms with van der Waals surface area (Å²) in [5.41, 5.74) is 0. The molecule has 0 unspecified atom stereocenters. The molecular formula is C9H18N2. The van der Waals surface area contributed by atoms with E-state index in [0.29, 0.717) is 0 Å². The first-order valence-corrected chi connectivity index (χ1v) is 4.27. The molecule has 0 radical (unpaired) electrons. The van der Waals surface area contributed by atoms with E-state index in [-0.39, 0.29) is 0 Å². The van der Waals surface area contributed by atoms with Gasteiger partial charge in [0.1, 0.15) is 5.84 Å². The van der Waals surface area contributed by atoms with E-state index in [4.69, 9.17) is 0 Å². The summed E-state index contributed by atoms with van der Waals surface area (Å²) in [4.78, 5) is 7.83. The lowest BCUT2D eigenvalue weighted by molar-refractivity contribution is 1.31. The third-order valence-corrected chi connectivity index (χ3v) is 1.14. The van der Waals surface area contributed by atoms with Crippen molar-refractivity contribution in [2.75, 3.05) is 7.05 Å². The number of hydrogen-bond donors (Lipinski definition) is 0. The molecule has 0 atom stereocenters. The molecule has 1 aliphatic rings. The highest BCUT2D eigenvalue weighted by Gasteiger charge is 1.95. The van der Waals surface area contributed by atoms with Crippen LogP contribution >= 0.6 is 0 Å². The van der Waals surface area contributed by atoms with Gasteiger partial charge in [-0.25, -0.2) is 4.99 Å². The Labute approximate surface area is 69.4 Å². The molecule has 0 aromatic carbocycles. The van der Waals surface area contributed by atoms with Crippen molar-refractivity contribution in [2.24, 2.45) is 9.98 Å². The molecule has 0 saturated heterocycles. The summed E-state index contributed by atoms with van der Waals surface area (Å²) >= 11 is 0. The van der Waals surface area contributed by atoms with Crippen LogP contribution in [0.2, 0.25) is 0 Å². The van der Waals surface area contributed by atoms with Gasteiger partial charge in [-0.15, -0.1) is 0 Å². The minimum absolute atomic E-state index is 0.840. The lowest BCUT2D eigenvalue weighted by Gasteiger charge is -1.83. The van der Waals surface area contributed by atoms with Crippen molar-refractivity contribution in [3.63, 3.8) is 0 Å². The van der Waals surface area contributed by atoms with Crippen LogP contribution in [0.15, 0.2) is 9.98 Å². The van der Waals surface area contributed by atoms with Crippen LogP contribution in [0, 0.1) is 0 Å². The second-order valence-electron chi connectivity index (χ2n) is 2.55. The first-order valence-electron chi connectivity index (χ1n) is 4.27. The quantitative estimate of drug-likeness (QED) is 0.410. The largest absolute Gasteiger partial charge is 0.274 e. The van der Waals surface area contributed by atoms with Gasteiger partial charge in [0.25, 0.3) is 0 Å². The molecular weight excluding hydrogens is 136 g/mol. The van der Waals surface area contributed by atoms with Gasteiger partial charge in [0.05, 0.1) is 0 Å². The standard InChI is InChI=1S/C6H12N2.C3H6/c1-4-5-8-6(2)7-3;1-2-3-1/h5H,4H2,1-3H3;1-3H2. The third-order valence-electron chi connectivity index (χ3n) is 1.14. The normalized spacial score (nSPS) is 16.1. The molecule has 0 aromatic heterocycles. The Morgan fingerprint density at radius 2 is 1.91 bits per heavy atom. The monoisotopic (exact) mass is 154 g/mol. The van der Waals surface area contributed by atoms with Crippen LogP contribution in [0.25, 0.3) is 0 Å². The smallest absolute Gasteiger partial charge is 0.119 e. The van der Waals surface area contributed by atoms with Crippen molar-refractivity contribution in [3.8, 4) is 0 Å². The first kappa shape index (κ1) is 10.3. The van der Waals surface area contributed by atoms with Gasteiger partial charge in [-0.3, -0.25) is 4.99 Å². The van der Waals surface area contributed by atoms with Crippen LogP contribution in [0.5, 0.6) is 0 Å². The molecule has 1 fully saturated rings. The lowest BCUT2D eigenvalue weighted by Crippen LogP contribution is -1.83. The number of amidine groups is 1. The van der Waals surface area contributed by atoms with Gasteiger partial charge in [0.15, 0.2) is 0 Å². The summed E-state index contributed by atoms with van der Waals surface area (Å²) in [6, 6.07) is 0. The summed E-state index contributed by atoms with van der Waals surface area (Å²) < 4.78 is 0. The number of hydrogen-bond acceptors (Lipinski definition) is 1. The molecule has 0 bridgehead atoms. The van der Waals surface area contributed by atoms with E-state index >= 15 is 0 Å². The van der Waals surface area contributed by atoms with E-state index in [1.807, 2.05) is 20.1 Å². The molecule has 1 aliphatic carbocycles. The molecule has 11 heavy (non-hydrogen) atoms. The SMILES string of the molecule is C1CC1.CCC=NC(C)=NC. The maximum Gasteiger partial charge on any atom is 0.119 e. The van der Waals surface area contributed by atoms with Crippen LogP contribution in [0.4, 0.5) is 0 Å². The summed E-state index contributed by atoms with van der Waals surface area (Å²) in [5.74, 6) is 0.840. The average Bonchev–Trinajstić information content (AvgIpc) is 2.85. The van der Waals surface area contributed by atoms with E-state index in [0.717, 1.165) is 12.3 Å². The van der Waals surface area contributed by atoms with Crippen molar-refractivity contribution in [1.82, 2.24) is 0 Å². The molecule has 0 spiro atoms. The van der Waals surface area contributed by atoms with E-state index in [1.54, 1.807) is 7.05 Å². The van der Waals surface area contributed by atoms with E-state index in [1.165, 1.54) is 19.3 Å². The average molecular weight is 154 g/mol. The fourth-order valence-corrected chi connectivity index (χ4v) is 0.281. The minimum atomic E-state index is 0.840. The fraction of sp³-hybridized carbons (Fsp3) is 0.778. The van der Waals surface area contributed by atoms with Crippen molar-refractivity contribution in [3.05, 3.63) is 0 Å². The van der Waals surface area contributed by atoms with Gasteiger partial charge in [-0.1, -0.05) is 26.2 Å². The maximum atomic E-state index is 3.99. The Morgan fingerprint density at radius 3 is 2.18 bits per heavy atom. The molecule has 0 N–H and O–H groups in total. The summed E-state index contributed by atoms with van der Waals surface area (Å²) in [5, 5.41) is 0. The second-order valence-corrected chi connectivity index (χ2v) is 2.55. The Kier molecular flexibility index (Phi) is 7.00. The molecule has 2 heteroatoms. The van der Waals surface area contributed by atoms with Crippen LogP contribution in [-0.4, -0.2) is 19.1 Å². The Bertz CT molecular complexity index is 132. The lowest BCUT2D eigenvalue weighted by atomic mass is 10.5. The number of rotatable bonds is 1. The predicted octanol–water partition coefficient (Wildman–Crippen LogP) is 2.69. The topological polar surface area (TPSA) is 24.7 Å². The summed E-state index contributed by atoms with van der Waals surface area (Å²) in [7, 11) is 1.74. The minimum Gasteiger partial charge on any atom is -0.274 e. The van der Waals surface area contributed by atoms with Crippen LogP contribution in [-0.2, 0) is 0 Å². The molecule has 1 rings (SSSR count). The van der Waals surface area contributed by atoms with Crippen LogP contribution in [0.3, 0.4) is 0 Å². The summed E-state index contributed by atoms with van der Waals surface area (Å²) in [6.07, 6.45) is 7.33. The number of nitrogens with zero attached hydrogens (tertiary/aromatic N) is 2. The maximum absolute atomic E-state index is 3.99. The van der Waals surface area contributed by atoms with Crippen molar-refractivity contribution in [1.29, 1.82) is 0 Å². The fourth-order valence-electron chi connectivity index (χ4n) is 0.281. The highest BCUT2D eigenvalue weighted by molar-refractivity contribution is 5.87.